The van der Waals surface area contributed by atoms with E-state index < -0.39 is 0 Å². The average molecular weight is 406 g/mol. The molecule has 30 heavy (non-hydrogen) atoms. The number of nitrogens with one attached hydrogen (secondary N) is 2. The van der Waals surface area contributed by atoms with Crippen molar-refractivity contribution >= 4 is 5.91 Å². The van der Waals surface area contributed by atoms with Crippen molar-refractivity contribution in [3.05, 3.63) is 80.8 Å². The predicted octanol–water partition coefficient (Wildman–Crippen LogP) is 1.69. The number of H-pyrrole nitrogens is 2. The van der Waals surface area contributed by atoms with E-state index in [1.807, 2.05) is 24.3 Å². The first-order valence-corrected chi connectivity index (χ1v) is 9.73. The zero-order valence-electron chi connectivity index (χ0n) is 16.6. The fourth-order valence-corrected chi connectivity index (χ4v) is 3.71. The first-order chi connectivity index (χ1) is 14.5. The van der Waals surface area contributed by atoms with E-state index in [9.17, 15) is 14.4 Å². The summed E-state index contributed by atoms with van der Waals surface area (Å²) in [6.07, 6.45) is 2.51. The van der Waals surface area contributed by atoms with Crippen molar-refractivity contribution < 1.29 is 9.53 Å². The molecule has 1 aliphatic rings. The summed E-state index contributed by atoms with van der Waals surface area (Å²) in [5.74, 6) is 1.14. The number of benzene rings is 1. The van der Waals surface area contributed by atoms with E-state index in [1.165, 1.54) is 12.3 Å². The Morgan fingerprint density at radius 2 is 2.10 bits per heavy atom. The summed E-state index contributed by atoms with van der Waals surface area (Å²) in [7, 11) is 1.59. The largest absolute Gasteiger partial charge is 0.497 e. The maximum absolute atomic E-state index is 12.7. The van der Waals surface area contributed by atoms with Crippen molar-refractivity contribution in [1.82, 2.24) is 19.9 Å². The smallest absolute Gasteiger partial charge is 0.257 e. The molecule has 4 rings (SSSR count). The highest BCUT2D eigenvalue weighted by Crippen LogP contribution is 2.26. The molecule has 1 saturated heterocycles. The van der Waals surface area contributed by atoms with Gasteiger partial charge in [0.05, 0.1) is 24.8 Å². The molecule has 1 atom stereocenters. The molecule has 8 heteroatoms. The number of amides is 1. The first-order valence-electron chi connectivity index (χ1n) is 9.73. The molecule has 0 unspecified atom stereocenters. The Bertz CT molecular complexity index is 1180. The number of rotatable bonds is 5. The number of aromatic amines is 2. The monoisotopic (exact) mass is 406 g/mol. The number of aromatic nitrogens is 3. The van der Waals surface area contributed by atoms with Crippen LogP contribution in [-0.2, 0) is 11.2 Å². The van der Waals surface area contributed by atoms with E-state index in [-0.39, 0.29) is 29.4 Å². The van der Waals surface area contributed by atoms with Crippen LogP contribution in [0.25, 0.3) is 11.3 Å². The summed E-state index contributed by atoms with van der Waals surface area (Å²) in [4.78, 5) is 48.6. The zero-order chi connectivity index (χ0) is 21.1. The van der Waals surface area contributed by atoms with E-state index in [0.29, 0.717) is 42.3 Å². The third-order valence-corrected chi connectivity index (χ3v) is 5.27. The van der Waals surface area contributed by atoms with E-state index in [1.54, 1.807) is 24.1 Å². The van der Waals surface area contributed by atoms with Gasteiger partial charge in [0.15, 0.2) is 0 Å². The van der Waals surface area contributed by atoms with Crippen LogP contribution in [-0.4, -0.2) is 46.0 Å². The highest BCUT2D eigenvalue weighted by Gasteiger charge is 2.29. The second-order valence-corrected chi connectivity index (χ2v) is 7.28. The Balaban J connectivity index is 1.50. The molecular weight excluding hydrogens is 384 g/mol. The van der Waals surface area contributed by atoms with Crippen LogP contribution in [0.4, 0.5) is 0 Å². The molecule has 0 bridgehead atoms. The van der Waals surface area contributed by atoms with Gasteiger partial charge in [0, 0.05) is 31.3 Å². The number of likely N-dealkylation sites (tertiary alicyclic amines) is 1. The number of hydrogen-bond donors (Lipinski definition) is 2. The molecule has 3 heterocycles. The number of hydrogen-bond acceptors (Lipinski definition) is 5. The highest BCUT2D eigenvalue weighted by molar-refractivity contribution is 5.79. The van der Waals surface area contributed by atoms with Gasteiger partial charge >= 0.3 is 0 Å². The van der Waals surface area contributed by atoms with Crippen LogP contribution in [0.3, 0.4) is 0 Å². The normalized spacial score (nSPS) is 15.9. The van der Waals surface area contributed by atoms with Crippen LogP contribution in [0.1, 0.15) is 23.7 Å². The van der Waals surface area contributed by atoms with Gasteiger partial charge in [-0.2, -0.15) is 0 Å². The standard InChI is InChI=1S/C22H22N4O4/c1-30-16-5-2-4-14(10-16)11-20(28)26-9-7-15(13-26)21-24-18(12-19(27)25-21)17-6-3-8-23-22(17)29/h2-6,8,10,12,15H,7,9,11,13H2,1H3,(H,23,29)(H,24,25,27)/t15-/m1/s1. The van der Waals surface area contributed by atoms with Crippen molar-refractivity contribution in [2.75, 3.05) is 20.2 Å². The molecule has 3 aromatic rings. The van der Waals surface area contributed by atoms with Gasteiger partial charge in [-0.15, -0.1) is 0 Å². The molecule has 0 aliphatic carbocycles. The minimum atomic E-state index is -0.320. The maximum Gasteiger partial charge on any atom is 0.257 e. The lowest BCUT2D eigenvalue weighted by molar-refractivity contribution is -0.129. The zero-order valence-corrected chi connectivity index (χ0v) is 16.6. The lowest BCUT2D eigenvalue weighted by atomic mass is 10.1. The van der Waals surface area contributed by atoms with Gasteiger partial charge < -0.3 is 19.6 Å². The lowest BCUT2D eigenvalue weighted by Crippen LogP contribution is -2.30. The van der Waals surface area contributed by atoms with Crippen molar-refractivity contribution in [3.8, 4) is 17.0 Å². The third-order valence-electron chi connectivity index (χ3n) is 5.27. The highest BCUT2D eigenvalue weighted by atomic mass is 16.5. The Morgan fingerprint density at radius 1 is 1.23 bits per heavy atom. The second kappa shape index (κ2) is 8.36. The van der Waals surface area contributed by atoms with Gasteiger partial charge in [0.2, 0.25) is 5.91 Å². The minimum absolute atomic E-state index is 0.0174. The van der Waals surface area contributed by atoms with Crippen molar-refractivity contribution in [2.45, 2.75) is 18.8 Å². The summed E-state index contributed by atoms with van der Waals surface area (Å²) in [5.41, 5.74) is 0.938. The van der Waals surface area contributed by atoms with E-state index in [2.05, 4.69) is 15.0 Å². The summed E-state index contributed by atoms with van der Waals surface area (Å²) in [5, 5.41) is 0. The Morgan fingerprint density at radius 3 is 2.90 bits per heavy atom. The fourth-order valence-electron chi connectivity index (χ4n) is 3.71. The Hall–Kier alpha value is -3.68. The fraction of sp³-hybridized carbons (Fsp3) is 0.273. The number of nitrogens with zero attached hydrogens (tertiary/aromatic N) is 2. The van der Waals surface area contributed by atoms with Gasteiger partial charge in [-0.3, -0.25) is 14.4 Å². The molecule has 1 aliphatic heterocycles. The Labute approximate surface area is 172 Å². The molecule has 0 saturated carbocycles. The number of carbonyl (C=O) groups is 1. The van der Waals surface area contributed by atoms with E-state index >= 15 is 0 Å². The molecule has 1 aromatic carbocycles. The van der Waals surface area contributed by atoms with E-state index in [0.717, 1.165) is 5.56 Å². The molecular formula is C22H22N4O4. The minimum Gasteiger partial charge on any atom is -0.497 e. The topological polar surface area (TPSA) is 108 Å². The van der Waals surface area contributed by atoms with Gasteiger partial charge in [-0.25, -0.2) is 4.98 Å². The first kappa shape index (κ1) is 19.6. The Kier molecular flexibility index (Phi) is 5.47. The van der Waals surface area contributed by atoms with Gasteiger partial charge in [-0.1, -0.05) is 12.1 Å². The van der Waals surface area contributed by atoms with Crippen LogP contribution >= 0.6 is 0 Å². The van der Waals surface area contributed by atoms with Crippen LogP contribution in [0.2, 0.25) is 0 Å². The van der Waals surface area contributed by atoms with Crippen LogP contribution in [0.15, 0.2) is 58.3 Å². The second-order valence-electron chi connectivity index (χ2n) is 7.28. The molecule has 154 valence electrons. The predicted molar refractivity (Wildman–Crippen MR) is 112 cm³/mol. The van der Waals surface area contributed by atoms with Crippen LogP contribution < -0.4 is 15.9 Å². The summed E-state index contributed by atoms with van der Waals surface area (Å²) in [6, 6.07) is 12.1. The lowest BCUT2D eigenvalue weighted by Gasteiger charge is -2.17. The summed E-state index contributed by atoms with van der Waals surface area (Å²) in [6.45, 7) is 1.06. The van der Waals surface area contributed by atoms with Crippen molar-refractivity contribution in [3.63, 3.8) is 0 Å². The summed E-state index contributed by atoms with van der Waals surface area (Å²) >= 11 is 0. The summed E-state index contributed by atoms with van der Waals surface area (Å²) < 4.78 is 5.21. The molecule has 2 N–H and O–H groups in total. The molecule has 0 radical (unpaired) electrons. The number of methoxy groups -OCH3 is 1. The average Bonchev–Trinajstić information content (AvgIpc) is 3.24. The van der Waals surface area contributed by atoms with Crippen molar-refractivity contribution in [1.29, 1.82) is 0 Å². The maximum atomic E-state index is 12.7. The number of pyridine rings is 1. The number of ether oxygens (including phenoxy) is 1. The van der Waals surface area contributed by atoms with Crippen molar-refractivity contribution in [2.24, 2.45) is 0 Å². The van der Waals surface area contributed by atoms with Crippen LogP contribution in [0.5, 0.6) is 5.75 Å². The molecule has 1 fully saturated rings. The van der Waals surface area contributed by atoms with Gasteiger partial charge in [0.25, 0.3) is 11.1 Å². The molecule has 0 spiro atoms. The molecule has 1 amide bonds. The SMILES string of the molecule is COc1cccc(CC(=O)N2CC[C@@H](c3nc(-c4ccc[nH]c4=O)cc(=O)[nH]3)C2)c1. The van der Waals surface area contributed by atoms with E-state index in [4.69, 9.17) is 4.74 Å². The van der Waals surface area contributed by atoms with Crippen LogP contribution in [0, 0.1) is 0 Å². The number of carbonyl (C=O) groups excluding carboxylic acids is 1. The van der Waals surface area contributed by atoms with Gasteiger partial charge in [0.1, 0.15) is 11.6 Å². The molecule has 2 aromatic heterocycles. The third kappa shape index (κ3) is 4.17. The quantitative estimate of drug-likeness (QED) is 0.670. The van der Waals surface area contributed by atoms with Gasteiger partial charge in [-0.05, 0) is 36.2 Å². The molecule has 8 nitrogen and oxygen atoms in total.